The molecule has 0 bridgehead atoms. The van der Waals surface area contributed by atoms with E-state index < -0.39 is 0 Å². The summed E-state index contributed by atoms with van der Waals surface area (Å²) in [6.07, 6.45) is 1.56. The van der Waals surface area contributed by atoms with E-state index in [1.165, 1.54) is 0 Å². The summed E-state index contributed by atoms with van der Waals surface area (Å²) in [6, 6.07) is 13.6. The monoisotopic (exact) mass is 313 g/mol. The number of hydrogen-bond acceptors (Lipinski definition) is 4. The van der Waals surface area contributed by atoms with Gasteiger partial charge < -0.3 is 10.1 Å². The lowest BCUT2D eigenvalue weighted by Crippen LogP contribution is -2.13. The topological polar surface area (TPSA) is 47.0 Å². The molecule has 0 aliphatic carbocycles. The second-order valence-corrected chi connectivity index (χ2v) is 5.28. The van der Waals surface area contributed by atoms with Crippen LogP contribution in [0.15, 0.2) is 48.8 Å². The Morgan fingerprint density at radius 3 is 2.86 bits per heavy atom. The van der Waals surface area contributed by atoms with Gasteiger partial charge in [-0.3, -0.25) is 0 Å². The van der Waals surface area contributed by atoms with Crippen molar-refractivity contribution in [3.05, 3.63) is 59.4 Å². The molecule has 0 saturated heterocycles. The molecule has 22 heavy (non-hydrogen) atoms. The Labute approximate surface area is 134 Å². The zero-order valence-corrected chi connectivity index (χ0v) is 13.0. The molecule has 0 fully saturated rings. The highest BCUT2D eigenvalue weighted by Crippen LogP contribution is 2.25. The Morgan fingerprint density at radius 1 is 1.09 bits per heavy atom. The van der Waals surface area contributed by atoms with Gasteiger partial charge in [-0.2, -0.15) is 0 Å². The van der Waals surface area contributed by atoms with E-state index in [1.54, 1.807) is 6.33 Å². The number of fused-ring (bicyclic) bond motifs is 1. The number of para-hydroxylation sites is 1. The maximum atomic E-state index is 6.08. The fourth-order valence-electron chi connectivity index (χ4n) is 2.22. The normalized spacial score (nSPS) is 10.6. The molecular weight excluding hydrogens is 298 g/mol. The van der Waals surface area contributed by atoms with Crippen LogP contribution in [0.4, 0.5) is 5.82 Å². The molecule has 0 amide bonds. The summed E-state index contributed by atoms with van der Waals surface area (Å²) in [5.74, 6) is 1.62. The van der Waals surface area contributed by atoms with Crippen molar-refractivity contribution < 1.29 is 4.74 Å². The van der Waals surface area contributed by atoms with Gasteiger partial charge in [0, 0.05) is 16.0 Å². The van der Waals surface area contributed by atoms with Crippen LogP contribution in [0.25, 0.3) is 10.9 Å². The van der Waals surface area contributed by atoms with Crippen LogP contribution in [-0.2, 0) is 0 Å². The molecule has 0 unspecified atom stereocenters. The van der Waals surface area contributed by atoms with E-state index in [0.717, 1.165) is 28.0 Å². The second kappa shape index (κ2) is 6.62. The molecule has 4 nitrogen and oxygen atoms in total. The van der Waals surface area contributed by atoms with E-state index in [0.29, 0.717) is 18.2 Å². The summed E-state index contributed by atoms with van der Waals surface area (Å²) in [5.41, 5.74) is 1.88. The molecule has 3 rings (SSSR count). The molecule has 3 aromatic rings. The van der Waals surface area contributed by atoms with Gasteiger partial charge in [0.05, 0.1) is 12.1 Å². The summed E-state index contributed by atoms with van der Waals surface area (Å²) < 4.78 is 5.76. The Kier molecular flexibility index (Phi) is 4.39. The second-order valence-electron chi connectivity index (χ2n) is 4.88. The fourth-order valence-corrected chi connectivity index (χ4v) is 2.39. The SMILES string of the molecule is Cc1c(Cl)cccc1OCCNc1ncnc2ccccc12. The molecule has 0 aliphatic heterocycles. The number of halogens is 1. The molecule has 1 aromatic heterocycles. The van der Waals surface area contributed by atoms with Crippen molar-refractivity contribution in [2.24, 2.45) is 0 Å². The van der Waals surface area contributed by atoms with Gasteiger partial charge in [-0.1, -0.05) is 29.8 Å². The van der Waals surface area contributed by atoms with Crippen LogP contribution < -0.4 is 10.1 Å². The van der Waals surface area contributed by atoms with Crippen LogP contribution in [0, 0.1) is 6.92 Å². The molecule has 2 aromatic carbocycles. The summed E-state index contributed by atoms with van der Waals surface area (Å²) in [7, 11) is 0. The first-order valence-corrected chi connectivity index (χ1v) is 7.45. The van der Waals surface area contributed by atoms with E-state index >= 15 is 0 Å². The number of ether oxygens (including phenoxy) is 1. The molecule has 0 saturated carbocycles. The highest BCUT2D eigenvalue weighted by molar-refractivity contribution is 6.31. The lowest BCUT2D eigenvalue weighted by atomic mass is 10.2. The van der Waals surface area contributed by atoms with Crippen LogP contribution in [-0.4, -0.2) is 23.1 Å². The third-order valence-corrected chi connectivity index (χ3v) is 3.82. The number of nitrogens with zero attached hydrogens (tertiary/aromatic N) is 2. The molecular formula is C17H16ClN3O. The maximum absolute atomic E-state index is 6.08. The lowest BCUT2D eigenvalue weighted by Gasteiger charge is -2.11. The zero-order valence-electron chi connectivity index (χ0n) is 12.2. The van der Waals surface area contributed by atoms with E-state index in [-0.39, 0.29) is 0 Å². The highest BCUT2D eigenvalue weighted by atomic mass is 35.5. The molecule has 112 valence electrons. The smallest absolute Gasteiger partial charge is 0.137 e. The first-order chi connectivity index (χ1) is 10.8. The third kappa shape index (κ3) is 3.12. The standard InChI is InChI=1S/C17H16ClN3O/c1-12-14(18)6-4-8-16(12)22-10-9-19-17-13-5-2-3-7-15(13)20-11-21-17/h2-8,11H,9-10H2,1H3,(H,19,20,21). The van der Waals surface area contributed by atoms with E-state index in [4.69, 9.17) is 16.3 Å². The van der Waals surface area contributed by atoms with Crippen LogP contribution in [0.3, 0.4) is 0 Å². The Hall–Kier alpha value is -2.33. The van der Waals surface area contributed by atoms with Crippen LogP contribution >= 0.6 is 11.6 Å². The van der Waals surface area contributed by atoms with E-state index in [2.05, 4.69) is 15.3 Å². The Morgan fingerprint density at radius 2 is 1.95 bits per heavy atom. The highest BCUT2D eigenvalue weighted by Gasteiger charge is 2.04. The van der Waals surface area contributed by atoms with Crippen LogP contribution in [0.5, 0.6) is 5.75 Å². The number of aromatic nitrogens is 2. The largest absolute Gasteiger partial charge is 0.491 e. The van der Waals surface area contributed by atoms with Crippen molar-refractivity contribution in [1.29, 1.82) is 0 Å². The third-order valence-electron chi connectivity index (χ3n) is 3.41. The fraction of sp³-hybridized carbons (Fsp3) is 0.176. The minimum absolute atomic E-state index is 0.527. The molecule has 1 N–H and O–H groups in total. The Bertz CT molecular complexity index is 786. The van der Waals surface area contributed by atoms with Crippen LogP contribution in [0.1, 0.15) is 5.56 Å². The van der Waals surface area contributed by atoms with Gasteiger partial charge >= 0.3 is 0 Å². The van der Waals surface area contributed by atoms with Gasteiger partial charge in [0.1, 0.15) is 24.5 Å². The van der Waals surface area contributed by atoms with Crippen molar-refractivity contribution in [1.82, 2.24) is 9.97 Å². The summed E-state index contributed by atoms with van der Waals surface area (Å²) in [6.45, 7) is 3.12. The summed E-state index contributed by atoms with van der Waals surface area (Å²) in [5, 5.41) is 5.00. The van der Waals surface area contributed by atoms with Crippen molar-refractivity contribution in [2.45, 2.75) is 6.92 Å². The minimum Gasteiger partial charge on any atom is -0.491 e. The van der Waals surface area contributed by atoms with E-state index in [1.807, 2.05) is 49.4 Å². The predicted molar refractivity (Wildman–Crippen MR) is 89.7 cm³/mol. The molecule has 1 heterocycles. The Balaban J connectivity index is 1.62. The van der Waals surface area contributed by atoms with Gasteiger partial charge in [-0.15, -0.1) is 0 Å². The summed E-state index contributed by atoms with van der Waals surface area (Å²) >= 11 is 6.08. The average Bonchev–Trinajstić information content (AvgIpc) is 2.55. The van der Waals surface area contributed by atoms with Gasteiger partial charge in [0.25, 0.3) is 0 Å². The molecule has 0 aliphatic rings. The first-order valence-electron chi connectivity index (χ1n) is 7.07. The number of benzene rings is 2. The van der Waals surface area contributed by atoms with Crippen LogP contribution in [0.2, 0.25) is 5.02 Å². The quantitative estimate of drug-likeness (QED) is 0.721. The van der Waals surface area contributed by atoms with Crippen molar-refractivity contribution >= 4 is 28.3 Å². The van der Waals surface area contributed by atoms with Gasteiger partial charge in [-0.05, 0) is 31.2 Å². The summed E-state index contributed by atoms with van der Waals surface area (Å²) in [4.78, 5) is 8.53. The predicted octanol–water partition coefficient (Wildman–Crippen LogP) is 4.08. The van der Waals surface area contributed by atoms with Crippen molar-refractivity contribution in [2.75, 3.05) is 18.5 Å². The molecule has 0 spiro atoms. The van der Waals surface area contributed by atoms with Gasteiger partial charge in [-0.25, -0.2) is 9.97 Å². The average molecular weight is 314 g/mol. The number of nitrogens with one attached hydrogen (secondary N) is 1. The van der Waals surface area contributed by atoms with Gasteiger partial charge in [0.15, 0.2) is 0 Å². The maximum Gasteiger partial charge on any atom is 0.137 e. The van der Waals surface area contributed by atoms with Crippen molar-refractivity contribution in [3.8, 4) is 5.75 Å². The first kappa shape index (κ1) is 14.6. The molecule has 0 atom stereocenters. The number of anilines is 1. The van der Waals surface area contributed by atoms with Gasteiger partial charge in [0.2, 0.25) is 0 Å². The van der Waals surface area contributed by atoms with E-state index in [9.17, 15) is 0 Å². The zero-order chi connectivity index (χ0) is 15.4. The minimum atomic E-state index is 0.527. The molecule has 0 radical (unpaired) electrons. The molecule has 5 heteroatoms. The van der Waals surface area contributed by atoms with Crippen molar-refractivity contribution in [3.63, 3.8) is 0 Å². The lowest BCUT2D eigenvalue weighted by molar-refractivity contribution is 0.330. The number of hydrogen-bond donors (Lipinski definition) is 1. The number of rotatable bonds is 5.